The molecule has 1 amide bonds. The summed E-state index contributed by atoms with van der Waals surface area (Å²) in [5, 5.41) is 12.1. The highest BCUT2D eigenvalue weighted by atomic mass is 79.9. The monoisotopic (exact) mass is 351 g/mol. The molecule has 2 heterocycles. The first-order chi connectivity index (χ1) is 9.97. The van der Waals surface area contributed by atoms with Gasteiger partial charge in [0.1, 0.15) is 5.92 Å². The largest absolute Gasteiger partial charge is 0.481 e. The van der Waals surface area contributed by atoms with Crippen LogP contribution in [0.15, 0.2) is 34.8 Å². The fraction of sp³-hybridized carbons (Fsp3) is 0.333. The van der Waals surface area contributed by atoms with Gasteiger partial charge in [-0.05, 0) is 30.7 Å². The zero-order chi connectivity index (χ0) is 15.1. The molecule has 0 saturated carbocycles. The molecule has 0 radical (unpaired) electrons. The Morgan fingerprint density at radius 3 is 2.52 bits per heavy atom. The van der Waals surface area contributed by atoms with Crippen LogP contribution in [0.2, 0.25) is 0 Å². The van der Waals surface area contributed by atoms with Crippen LogP contribution in [0.5, 0.6) is 0 Å². The molecule has 0 spiro atoms. The molecular formula is C15H14BrNO4. The normalized spacial score (nSPS) is 29.6. The van der Waals surface area contributed by atoms with E-state index in [4.69, 9.17) is 4.74 Å². The lowest BCUT2D eigenvalue weighted by Gasteiger charge is -2.21. The highest BCUT2D eigenvalue weighted by molar-refractivity contribution is 9.10. The van der Waals surface area contributed by atoms with Gasteiger partial charge in [-0.1, -0.05) is 28.1 Å². The van der Waals surface area contributed by atoms with Gasteiger partial charge in [0, 0.05) is 10.2 Å². The predicted molar refractivity (Wildman–Crippen MR) is 79.9 cm³/mol. The van der Waals surface area contributed by atoms with Crippen molar-refractivity contribution in [2.24, 2.45) is 11.8 Å². The van der Waals surface area contributed by atoms with Crippen LogP contribution in [0, 0.1) is 18.8 Å². The van der Waals surface area contributed by atoms with E-state index in [2.05, 4.69) is 21.2 Å². The molecule has 5 nitrogen and oxygen atoms in total. The fourth-order valence-electron chi connectivity index (χ4n) is 2.86. The van der Waals surface area contributed by atoms with Gasteiger partial charge < -0.3 is 15.2 Å². The molecule has 1 saturated heterocycles. The maximum absolute atomic E-state index is 12.4. The third-order valence-corrected chi connectivity index (χ3v) is 4.80. The Morgan fingerprint density at radius 1 is 1.24 bits per heavy atom. The van der Waals surface area contributed by atoms with Gasteiger partial charge in [0.15, 0.2) is 0 Å². The summed E-state index contributed by atoms with van der Waals surface area (Å²) >= 11 is 3.40. The molecule has 4 atom stereocenters. The van der Waals surface area contributed by atoms with Crippen LogP contribution in [0.3, 0.4) is 0 Å². The van der Waals surface area contributed by atoms with Gasteiger partial charge in [-0.3, -0.25) is 9.59 Å². The van der Waals surface area contributed by atoms with Crippen molar-refractivity contribution in [1.29, 1.82) is 0 Å². The molecule has 1 aromatic carbocycles. The number of carboxylic acids is 1. The molecule has 1 aromatic rings. The van der Waals surface area contributed by atoms with E-state index in [-0.39, 0.29) is 5.91 Å². The lowest BCUT2D eigenvalue weighted by Crippen LogP contribution is -2.39. The summed E-state index contributed by atoms with van der Waals surface area (Å²) in [4.78, 5) is 23.8. The van der Waals surface area contributed by atoms with Gasteiger partial charge in [-0.15, -0.1) is 0 Å². The number of benzene rings is 1. The first-order valence-electron chi connectivity index (χ1n) is 6.61. The van der Waals surface area contributed by atoms with E-state index in [0.717, 1.165) is 10.0 Å². The van der Waals surface area contributed by atoms with Gasteiger partial charge in [0.05, 0.1) is 18.1 Å². The Bertz CT molecular complexity index is 643. The Morgan fingerprint density at radius 2 is 1.90 bits per heavy atom. The minimum absolute atomic E-state index is 0.319. The predicted octanol–water partition coefficient (Wildman–Crippen LogP) is 2.35. The summed E-state index contributed by atoms with van der Waals surface area (Å²) in [6.07, 6.45) is 2.53. The maximum atomic E-state index is 12.4. The van der Waals surface area contributed by atoms with Crippen LogP contribution in [0.4, 0.5) is 5.69 Å². The molecule has 2 aliphatic rings. The number of rotatable bonds is 3. The number of nitrogens with one attached hydrogen (secondary N) is 1. The van der Waals surface area contributed by atoms with Crippen molar-refractivity contribution in [2.75, 3.05) is 5.32 Å². The van der Waals surface area contributed by atoms with Crippen molar-refractivity contribution in [3.8, 4) is 0 Å². The van der Waals surface area contributed by atoms with E-state index in [1.807, 2.05) is 19.1 Å². The summed E-state index contributed by atoms with van der Waals surface area (Å²) in [5.74, 6) is -2.84. The molecule has 21 heavy (non-hydrogen) atoms. The Kier molecular flexibility index (Phi) is 3.59. The molecule has 0 aliphatic carbocycles. The van der Waals surface area contributed by atoms with Crippen LogP contribution < -0.4 is 5.32 Å². The summed E-state index contributed by atoms with van der Waals surface area (Å²) in [7, 11) is 0. The van der Waals surface area contributed by atoms with Crippen molar-refractivity contribution >= 4 is 33.5 Å². The van der Waals surface area contributed by atoms with Crippen molar-refractivity contribution in [1.82, 2.24) is 0 Å². The third-order valence-electron chi connectivity index (χ3n) is 3.91. The molecule has 2 aliphatic heterocycles. The molecule has 3 rings (SSSR count). The number of ether oxygens (including phenoxy) is 1. The number of carbonyl (C=O) groups is 2. The number of aliphatic carboxylic acids is 1. The van der Waals surface area contributed by atoms with Crippen LogP contribution in [0.25, 0.3) is 0 Å². The van der Waals surface area contributed by atoms with Gasteiger partial charge in [0.2, 0.25) is 5.91 Å². The molecule has 110 valence electrons. The number of carboxylic acid groups (broad SMARTS) is 1. The Hall–Kier alpha value is -1.66. The van der Waals surface area contributed by atoms with E-state index in [1.165, 1.54) is 0 Å². The van der Waals surface area contributed by atoms with Gasteiger partial charge in [0.25, 0.3) is 0 Å². The summed E-state index contributed by atoms with van der Waals surface area (Å²) in [5.41, 5.74) is 1.64. The number of aryl methyl sites for hydroxylation is 1. The topological polar surface area (TPSA) is 75.6 Å². The lowest BCUT2D eigenvalue weighted by atomic mass is 9.82. The fourth-order valence-corrected chi connectivity index (χ4v) is 3.11. The first kappa shape index (κ1) is 14.3. The Balaban J connectivity index is 1.80. The Labute approximate surface area is 130 Å². The molecule has 6 heteroatoms. The van der Waals surface area contributed by atoms with E-state index < -0.39 is 30.0 Å². The summed E-state index contributed by atoms with van der Waals surface area (Å²) < 4.78 is 6.45. The maximum Gasteiger partial charge on any atom is 0.310 e. The number of fused-ring (bicyclic) bond motifs is 2. The minimum atomic E-state index is -1.00. The average molecular weight is 352 g/mol. The highest BCUT2D eigenvalue weighted by Gasteiger charge is 2.53. The van der Waals surface area contributed by atoms with Gasteiger partial charge in [-0.25, -0.2) is 0 Å². The van der Waals surface area contributed by atoms with Gasteiger partial charge in [-0.2, -0.15) is 0 Å². The van der Waals surface area contributed by atoms with E-state index in [0.29, 0.717) is 5.69 Å². The third kappa shape index (κ3) is 2.49. The van der Waals surface area contributed by atoms with E-state index in [9.17, 15) is 14.7 Å². The average Bonchev–Trinajstić information content (AvgIpc) is 3.03. The smallest absolute Gasteiger partial charge is 0.310 e. The van der Waals surface area contributed by atoms with Crippen molar-refractivity contribution in [2.45, 2.75) is 19.1 Å². The quantitative estimate of drug-likeness (QED) is 0.819. The van der Waals surface area contributed by atoms with Crippen LogP contribution in [-0.2, 0) is 14.3 Å². The molecule has 0 aromatic heterocycles. The molecule has 2 N–H and O–H groups in total. The van der Waals surface area contributed by atoms with Crippen molar-refractivity contribution in [3.63, 3.8) is 0 Å². The molecule has 0 unspecified atom stereocenters. The SMILES string of the molecule is Cc1cc(NC(=O)[C@@H]2[C@@H](C(=O)O)[C@@H]3C=C[C@@H]2O3)ccc1Br. The highest BCUT2D eigenvalue weighted by Crippen LogP contribution is 2.39. The molecular weight excluding hydrogens is 338 g/mol. The van der Waals surface area contributed by atoms with Crippen molar-refractivity contribution < 1.29 is 19.4 Å². The number of hydrogen-bond acceptors (Lipinski definition) is 3. The molecule has 2 bridgehead atoms. The second kappa shape index (κ2) is 5.27. The van der Waals surface area contributed by atoms with Crippen molar-refractivity contribution in [3.05, 3.63) is 40.4 Å². The van der Waals surface area contributed by atoms with Crippen LogP contribution in [-0.4, -0.2) is 29.2 Å². The molecule has 1 fully saturated rings. The number of carbonyl (C=O) groups excluding carboxylic acids is 1. The zero-order valence-electron chi connectivity index (χ0n) is 11.2. The summed E-state index contributed by atoms with van der Waals surface area (Å²) in [6.45, 7) is 1.92. The first-order valence-corrected chi connectivity index (χ1v) is 7.40. The second-order valence-corrected chi connectivity index (χ2v) is 6.15. The summed E-state index contributed by atoms with van der Waals surface area (Å²) in [6, 6.07) is 5.45. The van der Waals surface area contributed by atoms with Gasteiger partial charge >= 0.3 is 5.97 Å². The zero-order valence-corrected chi connectivity index (χ0v) is 12.8. The number of hydrogen-bond donors (Lipinski definition) is 2. The standard InChI is InChI=1S/C15H14BrNO4/c1-7-6-8(2-3-9(7)16)17-14(18)12-10-4-5-11(21-10)13(12)15(19)20/h2-6,10-13H,1H3,(H,17,18)(H,19,20)/t10-,11-,12-,13-/m0/s1. The number of halogens is 1. The number of anilines is 1. The minimum Gasteiger partial charge on any atom is -0.481 e. The van der Waals surface area contributed by atoms with Crippen LogP contribution in [0.1, 0.15) is 5.56 Å². The van der Waals surface area contributed by atoms with E-state index >= 15 is 0 Å². The van der Waals surface area contributed by atoms with E-state index in [1.54, 1.807) is 18.2 Å². The lowest BCUT2D eigenvalue weighted by molar-refractivity contribution is -0.145. The van der Waals surface area contributed by atoms with Crippen LogP contribution >= 0.6 is 15.9 Å². The number of amides is 1. The second-order valence-electron chi connectivity index (χ2n) is 5.29.